The average molecular weight is 330 g/mol. The first-order valence-electron chi connectivity index (χ1n) is 7.37. The molecule has 0 atom stereocenters. The van der Waals surface area contributed by atoms with E-state index in [0.29, 0.717) is 24.5 Å². The Morgan fingerprint density at radius 2 is 1.58 bits per heavy atom. The van der Waals surface area contributed by atoms with Gasteiger partial charge in [0.05, 0.1) is 29.5 Å². The minimum atomic E-state index is -0.481. The number of benzene rings is 2. The quantitative estimate of drug-likeness (QED) is 0.439. The van der Waals surface area contributed by atoms with Gasteiger partial charge in [0, 0.05) is 30.9 Å². The average Bonchev–Trinajstić information content (AvgIpc) is 2.60. The molecule has 2 aromatic carbocycles. The number of anilines is 1. The number of nitro groups is 1. The summed E-state index contributed by atoms with van der Waals surface area (Å²) in [5, 5.41) is 36.9. The zero-order valence-electron chi connectivity index (χ0n) is 12.9. The van der Waals surface area contributed by atoms with Gasteiger partial charge in [-0.1, -0.05) is 6.07 Å². The van der Waals surface area contributed by atoms with Crippen LogP contribution < -0.4 is 4.90 Å². The molecule has 2 aromatic rings. The number of nitro benzene ring substituents is 1. The first kappa shape index (κ1) is 17.5. The molecule has 8 heteroatoms. The highest BCUT2D eigenvalue weighted by Gasteiger charge is 2.06. The molecule has 0 saturated heterocycles. The van der Waals surface area contributed by atoms with E-state index in [-0.39, 0.29) is 18.9 Å². The first-order valence-corrected chi connectivity index (χ1v) is 7.37. The topological polar surface area (TPSA) is 112 Å². The minimum absolute atomic E-state index is 0.00571. The van der Waals surface area contributed by atoms with Crippen molar-refractivity contribution in [3.63, 3.8) is 0 Å². The van der Waals surface area contributed by atoms with Crippen LogP contribution in [0.2, 0.25) is 0 Å². The van der Waals surface area contributed by atoms with E-state index >= 15 is 0 Å². The molecule has 0 aliphatic heterocycles. The van der Waals surface area contributed by atoms with Gasteiger partial charge >= 0.3 is 0 Å². The SMILES string of the molecule is O=[N+]([O-])c1cccc(N=Nc2ccc(N(CCO)CCO)cc2)c1. The molecule has 0 saturated carbocycles. The van der Waals surface area contributed by atoms with Gasteiger partial charge in [-0.05, 0) is 30.3 Å². The Balaban J connectivity index is 2.10. The Morgan fingerprint density at radius 1 is 0.958 bits per heavy atom. The van der Waals surface area contributed by atoms with E-state index in [2.05, 4.69) is 10.2 Å². The van der Waals surface area contributed by atoms with Crippen LogP contribution in [0.5, 0.6) is 0 Å². The zero-order chi connectivity index (χ0) is 17.4. The largest absolute Gasteiger partial charge is 0.395 e. The minimum Gasteiger partial charge on any atom is -0.395 e. The summed E-state index contributed by atoms with van der Waals surface area (Å²) in [6.07, 6.45) is 0. The van der Waals surface area contributed by atoms with E-state index in [4.69, 9.17) is 10.2 Å². The molecular weight excluding hydrogens is 312 g/mol. The number of hydrogen-bond donors (Lipinski definition) is 2. The molecular formula is C16H18N4O4. The molecule has 0 amide bonds. The summed E-state index contributed by atoms with van der Waals surface area (Å²) in [5.41, 5.74) is 1.81. The number of aliphatic hydroxyl groups excluding tert-OH is 2. The third kappa shape index (κ3) is 4.83. The van der Waals surface area contributed by atoms with Crippen LogP contribution in [0.3, 0.4) is 0 Å². The van der Waals surface area contributed by atoms with Crippen molar-refractivity contribution in [2.24, 2.45) is 10.2 Å². The zero-order valence-corrected chi connectivity index (χ0v) is 12.9. The van der Waals surface area contributed by atoms with E-state index in [0.717, 1.165) is 5.69 Å². The molecule has 0 fully saturated rings. The fraction of sp³-hybridized carbons (Fsp3) is 0.250. The summed E-state index contributed by atoms with van der Waals surface area (Å²) in [6.45, 7) is 0.840. The second-order valence-corrected chi connectivity index (χ2v) is 4.93. The van der Waals surface area contributed by atoms with E-state index in [1.807, 2.05) is 17.0 Å². The third-order valence-corrected chi connectivity index (χ3v) is 3.28. The van der Waals surface area contributed by atoms with Crippen molar-refractivity contribution in [2.75, 3.05) is 31.2 Å². The van der Waals surface area contributed by atoms with Crippen LogP contribution in [0.15, 0.2) is 58.8 Å². The monoisotopic (exact) mass is 330 g/mol. The van der Waals surface area contributed by atoms with Crippen molar-refractivity contribution in [3.05, 3.63) is 58.6 Å². The number of nitrogens with zero attached hydrogens (tertiary/aromatic N) is 4. The molecule has 0 bridgehead atoms. The van der Waals surface area contributed by atoms with Gasteiger partial charge in [-0.25, -0.2) is 0 Å². The molecule has 24 heavy (non-hydrogen) atoms. The molecule has 0 heterocycles. The number of aliphatic hydroxyl groups is 2. The summed E-state index contributed by atoms with van der Waals surface area (Å²) in [7, 11) is 0. The van der Waals surface area contributed by atoms with E-state index in [9.17, 15) is 10.1 Å². The normalized spacial score (nSPS) is 10.9. The number of hydrogen-bond acceptors (Lipinski definition) is 7. The Hall–Kier alpha value is -2.84. The Bertz CT molecular complexity index is 697. The van der Waals surface area contributed by atoms with Crippen LogP contribution in [-0.4, -0.2) is 41.4 Å². The summed E-state index contributed by atoms with van der Waals surface area (Å²) in [6, 6.07) is 13.1. The second-order valence-electron chi connectivity index (χ2n) is 4.93. The molecule has 2 N–H and O–H groups in total. The maximum absolute atomic E-state index is 10.7. The molecule has 126 valence electrons. The highest BCUT2D eigenvalue weighted by molar-refractivity contribution is 5.53. The Labute approximate surface area is 138 Å². The highest BCUT2D eigenvalue weighted by atomic mass is 16.6. The van der Waals surface area contributed by atoms with Crippen molar-refractivity contribution >= 4 is 22.7 Å². The molecule has 0 unspecified atom stereocenters. The van der Waals surface area contributed by atoms with E-state index in [1.165, 1.54) is 12.1 Å². The van der Waals surface area contributed by atoms with Gasteiger partial charge in [0.2, 0.25) is 0 Å². The second kappa shape index (κ2) is 8.70. The Kier molecular flexibility index (Phi) is 6.35. The number of non-ortho nitro benzene ring substituents is 1. The van der Waals surface area contributed by atoms with Crippen LogP contribution in [0.4, 0.5) is 22.7 Å². The van der Waals surface area contributed by atoms with Gasteiger partial charge in [0.25, 0.3) is 5.69 Å². The van der Waals surface area contributed by atoms with Crippen molar-refractivity contribution in [1.82, 2.24) is 0 Å². The molecule has 2 rings (SSSR count). The molecule has 0 aromatic heterocycles. The molecule has 0 spiro atoms. The summed E-state index contributed by atoms with van der Waals surface area (Å²) >= 11 is 0. The third-order valence-electron chi connectivity index (χ3n) is 3.28. The lowest BCUT2D eigenvalue weighted by molar-refractivity contribution is -0.384. The van der Waals surface area contributed by atoms with Gasteiger partial charge in [0.1, 0.15) is 0 Å². The number of rotatable bonds is 8. The summed E-state index contributed by atoms with van der Waals surface area (Å²) in [4.78, 5) is 12.1. The van der Waals surface area contributed by atoms with Crippen LogP contribution in [0, 0.1) is 10.1 Å². The van der Waals surface area contributed by atoms with Crippen molar-refractivity contribution < 1.29 is 15.1 Å². The van der Waals surface area contributed by atoms with Crippen LogP contribution >= 0.6 is 0 Å². The van der Waals surface area contributed by atoms with Gasteiger partial charge in [-0.15, -0.1) is 0 Å². The van der Waals surface area contributed by atoms with E-state index < -0.39 is 4.92 Å². The van der Waals surface area contributed by atoms with E-state index in [1.54, 1.807) is 24.3 Å². The van der Waals surface area contributed by atoms with Gasteiger partial charge in [0.15, 0.2) is 0 Å². The van der Waals surface area contributed by atoms with Gasteiger partial charge in [-0.2, -0.15) is 10.2 Å². The summed E-state index contributed by atoms with van der Waals surface area (Å²) in [5.74, 6) is 0. The van der Waals surface area contributed by atoms with Crippen molar-refractivity contribution in [3.8, 4) is 0 Å². The number of azo groups is 1. The van der Waals surface area contributed by atoms with Crippen LogP contribution in [0.25, 0.3) is 0 Å². The predicted octanol–water partition coefficient (Wildman–Crippen LogP) is 2.80. The maximum atomic E-state index is 10.7. The fourth-order valence-electron chi connectivity index (χ4n) is 2.13. The standard InChI is InChI=1S/C16H18N4O4/c21-10-8-19(9-11-22)15-6-4-13(5-7-15)17-18-14-2-1-3-16(12-14)20(23)24/h1-7,12,21-22H,8-11H2. The van der Waals surface area contributed by atoms with Crippen LogP contribution in [-0.2, 0) is 0 Å². The van der Waals surface area contributed by atoms with Crippen molar-refractivity contribution in [1.29, 1.82) is 0 Å². The lowest BCUT2D eigenvalue weighted by atomic mass is 10.2. The fourth-order valence-corrected chi connectivity index (χ4v) is 2.13. The predicted molar refractivity (Wildman–Crippen MR) is 90.1 cm³/mol. The molecule has 0 aliphatic rings. The van der Waals surface area contributed by atoms with Gasteiger partial charge < -0.3 is 15.1 Å². The first-order chi connectivity index (χ1) is 11.6. The smallest absolute Gasteiger partial charge is 0.271 e. The lowest BCUT2D eigenvalue weighted by Crippen LogP contribution is -2.29. The Morgan fingerprint density at radius 3 is 2.17 bits per heavy atom. The molecule has 0 radical (unpaired) electrons. The lowest BCUT2D eigenvalue weighted by Gasteiger charge is -2.22. The maximum Gasteiger partial charge on any atom is 0.271 e. The van der Waals surface area contributed by atoms with Crippen LogP contribution in [0.1, 0.15) is 0 Å². The summed E-state index contributed by atoms with van der Waals surface area (Å²) < 4.78 is 0. The molecule has 0 aliphatic carbocycles. The van der Waals surface area contributed by atoms with Gasteiger partial charge in [-0.3, -0.25) is 10.1 Å². The van der Waals surface area contributed by atoms with Crippen molar-refractivity contribution in [2.45, 2.75) is 0 Å². The highest BCUT2D eigenvalue weighted by Crippen LogP contribution is 2.24. The molecule has 8 nitrogen and oxygen atoms in total.